The molecule has 2 saturated heterocycles. The van der Waals surface area contributed by atoms with Gasteiger partial charge in [0.15, 0.2) is 15.5 Å². The summed E-state index contributed by atoms with van der Waals surface area (Å²) in [6.45, 7) is 3.73. The first kappa shape index (κ1) is 21.0. The highest BCUT2D eigenvalue weighted by atomic mass is 32.2. The number of fused-ring (bicyclic) bond motifs is 1. The third-order valence-corrected chi connectivity index (χ3v) is 7.81. The minimum absolute atomic E-state index is 0.00157. The van der Waals surface area contributed by atoms with E-state index in [4.69, 9.17) is 9.72 Å². The van der Waals surface area contributed by atoms with Crippen molar-refractivity contribution in [2.75, 3.05) is 37.8 Å². The van der Waals surface area contributed by atoms with Gasteiger partial charge in [0.2, 0.25) is 0 Å². The van der Waals surface area contributed by atoms with Crippen molar-refractivity contribution in [3.8, 4) is 11.3 Å². The molecule has 0 saturated carbocycles. The van der Waals surface area contributed by atoms with Crippen molar-refractivity contribution in [2.24, 2.45) is 0 Å². The second-order valence-electron chi connectivity index (χ2n) is 8.25. The molecular formula is C22H23FN4O4S. The number of benzene rings is 1. The van der Waals surface area contributed by atoms with Gasteiger partial charge in [0.05, 0.1) is 53.1 Å². The summed E-state index contributed by atoms with van der Waals surface area (Å²) in [6, 6.07) is 7.30. The first-order valence-corrected chi connectivity index (χ1v) is 12.4. The number of carbonyl (C=O) groups is 1. The lowest BCUT2D eigenvalue weighted by Gasteiger charge is -2.27. The van der Waals surface area contributed by atoms with Gasteiger partial charge in [-0.15, -0.1) is 0 Å². The Hall–Kier alpha value is -2.85. The van der Waals surface area contributed by atoms with Gasteiger partial charge >= 0.3 is 0 Å². The lowest BCUT2D eigenvalue weighted by atomic mass is 10.0. The zero-order chi connectivity index (χ0) is 22.5. The van der Waals surface area contributed by atoms with E-state index in [0.29, 0.717) is 66.3 Å². The van der Waals surface area contributed by atoms with Crippen LogP contribution in [0.25, 0.3) is 22.3 Å². The number of hydrogen-bond acceptors (Lipinski definition) is 6. The number of rotatable bonds is 3. The number of sulfone groups is 1. The van der Waals surface area contributed by atoms with Crippen LogP contribution in [-0.4, -0.2) is 71.8 Å². The van der Waals surface area contributed by atoms with E-state index in [1.54, 1.807) is 34.7 Å². The van der Waals surface area contributed by atoms with Gasteiger partial charge in [-0.1, -0.05) is 0 Å². The fourth-order valence-corrected chi connectivity index (χ4v) is 6.10. The van der Waals surface area contributed by atoms with Crippen molar-refractivity contribution in [1.29, 1.82) is 0 Å². The molecule has 2 aromatic heterocycles. The van der Waals surface area contributed by atoms with Gasteiger partial charge in [-0.2, -0.15) is 5.10 Å². The fraction of sp³-hybridized carbons (Fsp3) is 0.409. The number of amides is 1. The molecule has 2 aliphatic rings. The first-order chi connectivity index (χ1) is 15.3. The predicted octanol–water partition coefficient (Wildman–Crippen LogP) is 2.38. The smallest absolute Gasteiger partial charge is 0.254 e. The number of carbonyl (C=O) groups excluding carboxylic acids is 1. The van der Waals surface area contributed by atoms with Crippen LogP contribution < -0.4 is 0 Å². The molecule has 4 heterocycles. The van der Waals surface area contributed by atoms with Crippen LogP contribution in [-0.2, 0) is 14.6 Å². The molecule has 8 nitrogen and oxygen atoms in total. The Labute approximate surface area is 184 Å². The van der Waals surface area contributed by atoms with Gasteiger partial charge in [-0.25, -0.2) is 22.5 Å². The quantitative estimate of drug-likeness (QED) is 0.598. The molecule has 0 radical (unpaired) electrons. The second kappa shape index (κ2) is 7.93. The Kier molecular flexibility index (Phi) is 5.21. The van der Waals surface area contributed by atoms with Crippen LogP contribution >= 0.6 is 0 Å². The van der Waals surface area contributed by atoms with Crippen molar-refractivity contribution < 1.29 is 22.3 Å². The molecule has 3 aromatic rings. The zero-order valence-electron chi connectivity index (χ0n) is 17.6. The maximum atomic E-state index is 13.5. The predicted molar refractivity (Wildman–Crippen MR) is 117 cm³/mol. The Morgan fingerprint density at radius 2 is 1.91 bits per heavy atom. The van der Waals surface area contributed by atoms with Gasteiger partial charge in [-0.3, -0.25) is 4.79 Å². The number of halogens is 1. The Morgan fingerprint density at radius 1 is 1.19 bits per heavy atom. The molecule has 0 N–H and O–H groups in total. The van der Waals surface area contributed by atoms with E-state index in [1.807, 2.05) is 0 Å². The van der Waals surface area contributed by atoms with Crippen LogP contribution in [0, 0.1) is 12.7 Å². The van der Waals surface area contributed by atoms with Crippen LogP contribution in [0.4, 0.5) is 4.39 Å². The van der Waals surface area contributed by atoms with E-state index in [1.165, 1.54) is 12.1 Å². The molecule has 0 spiro atoms. The second-order valence-corrected chi connectivity index (χ2v) is 10.5. The number of pyridine rings is 1. The molecule has 10 heteroatoms. The van der Waals surface area contributed by atoms with Crippen LogP contribution in [0.3, 0.4) is 0 Å². The summed E-state index contributed by atoms with van der Waals surface area (Å²) >= 11 is 0. The van der Waals surface area contributed by atoms with Crippen molar-refractivity contribution >= 4 is 26.8 Å². The molecule has 5 rings (SSSR count). The average Bonchev–Trinajstić information content (AvgIpc) is 3.32. The van der Waals surface area contributed by atoms with Gasteiger partial charge in [-0.05, 0) is 43.7 Å². The third kappa shape index (κ3) is 3.77. The van der Waals surface area contributed by atoms with Crippen LogP contribution in [0.5, 0.6) is 0 Å². The molecular weight excluding hydrogens is 435 g/mol. The van der Waals surface area contributed by atoms with E-state index in [-0.39, 0.29) is 29.3 Å². The molecule has 0 unspecified atom stereocenters. The maximum Gasteiger partial charge on any atom is 0.254 e. The molecule has 0 aliphatic carbocycles. The first-order valence-electron chi connectivity index (χ1n) is 10.6. The summed E-state index contributed by atoms with van der Waals surface area (Å²) in [5, 5.41) is 5.23. The molecule has 0 bridgehead atoms. The molecule has 168 valence electrons. The molecule has 2 fully saturated rings. The van der Waals surface area contributed by atoms with Crippen LogP contribution in [0.15, 0.2) is 30.3 Å². The normalized spacial score (nSPS) is 20.7. The Balaban J connectivity index is 1.70. The monoisotopic (exact) mass is 458 g/mol. The Bertz CT molecular complexity index is 1300. The fourth-order valence-electron chi connectivity index (χ4n) is 4.41. The highest BCUT2D eigenvalue weighted by Crippen LogP contribution is 2.32. The highest BCUT2D eigenvalue weighted by molar-refractivity contribution is 7.91. The number of aryl methyl sites for hydroxylation is 1. The van der Waals surface area contributed by atoms with Crippen molar-refractivity contribution in [3.63, 3.8) is 0 Å². The van der Waals surface area contributed by atoms with E-state index in [9.17, 15) is 17.6 Å². The van der Waals surface area contributed by atoms with Gasteiger partial charge in [0, 0.05) is 18.7 Å². The van der Waals surface area contributed by atoms with E-state index < -0.39 is 9.84 Å². The summed E-state index contributed by atoms with van der Waals surface area (Å²) in [5.41, 5.74) is 2.73. The molecule has 1 amide bonds. The molecule has 1 atom stereocenters. The van der Waals surface area contributed by atoms with Gasteiger partial charge in [0.25, 0.3) is 5.91 Å². The summed E-state index contributed by atoms with van der Waals surface area (Å²) < 4.78 is 44.7. The summed E-state index contributed by atoms with van der Waals surface area (Å²) in [7, 11) is -3.13. The average molecular weight is 459 g/mol. The van der Waals surface area contributed by atoms with Crippen molar-refractivity contribution in [3.05, 3.63) is 47.4 Å². The largest absolute Gasteiger partial charge is 0.378 e. The number of ether oxygens (including phenoxy) is 1. The minimum atomic E-state index is -3.13. The van der Waals surface area contributed by atoms with Crippen molar-refractivity contribution in [1.82, 2.24) is 19.7 Å². The lowest BCUT2D eigenvalue weighted by molar-refractivity contribution is 0.0304. The molecule has 2 aliphatic heterocycles. The summed E-state index contributed by atoms with van der Waals surface area (Å²) in [5.74, 6) is -0.407. The minimum Gasteiger partial charge on any atom is -0.378 e. The molecule has 1 aromatic carbocycles. The molecule has 32 heavy (non-hydrogen) atoms. The topological polar surface area (TPSA) is 94.4 Å². The standard InChI is InChI=1S/C22H23FN4O4S/c1-14-20-18(22(28)26-7-9-31-10-8-26)12-19(15-2-4-16(23)5-3-15)24-21(20)27(25-14)17-6-11-32(29,30)13-17/h2-5,12,17H,6-11,13H2,1H3/t17-/m1/s1. The SMILES string of the molecule is Cc1nn([C@@H]2CCS(=O)(=O)C2)c2nc(-c3ccc(F)cc3)cc(C(=O)N3CCOCC3)c12. The number of morpholine rings is 1. The number of hydrogen-bond donors (Lipinski definition) is 0. The lowest BCUT2D eigenvalue weighted by Crippen LogP contribution is -2.40. The number of aromatic nitrogens is 3. The van der Waals surface area contributed by atoms with E-state index >= 15 is 0 Å². The summed E-state index contributed by atoms with van der Waals surface area (Å²) in [4.78, 5) is 20.0. The summed E-state index contributed by atoms with van der Waals surface area (Å²) in [6.07, 6.45) is 0.452. The van der Waals surface area contributed by atoms with Gasteiger partial charge < -0.3 is 9.64 Å². The van der Waals surface area contributed by atoms with Crippen LogP contribution in [0.1, 0.15) is 28.5 Å². The zero-order valence-corrected chi connectivity index (χ0v) is 18.4. The van der Waals surface area contributed by atoms with E-state index in [0.717, 1.165) is 0 Å². The van der Waals surface area contributed by atoms with Gasteiger partial charge in [0.1, 0.15) is 5.82 Å². The van der Waals surface area contributed by atoms with E-state index in [2.05, 4.69) is 5.10 Å². The third-order valence-electron chi connectivity index (χ3n) is 6.06. The van der Waals surface area contributed by atoms with Crippen molar-refractivity contribution in [2.45, 2.75) is 19.4 Å². The Morgan fingerprint density at radius 3 is 2.56 bits per heavy atom. The number of nitrogens with zero attached hydrogens (tertiary/aromatic N) is 4. The maximum absolute atomic E-state index is 13.5. The highest BCUT2D eigenvalue weighted by Gasteiger charge is 2.33. The van der Waals surface area contributed by atoms with Crippen LogP contribution in [0.2, 0.25) is 0 Å².